The van der Waals surface area contributed by atoms with Gasteiger partial charge in [0.15, 0.2) is 4.77 Å². The Balaban J connectivity index is 2.09. The Labute approximate surface area is 143 Å². The summed E-state index contributed by atoms with van der Waals surface area (Å²) in [5.74, 6) is 0.774. The van der Waals surface area contributed by atoms with E-state index in [0.717, 1.165) is 33.2 Å². The van der Waals surface area contributed by atoms with Gasteiger partial charge in [-0.3, -0.25) is 4.57 Å². The number of aromatic nitrogens is 2. The summed E-state index contributed by atoms with van der Waals surface area (Å²) in [5.41, 5.74) is 3.48. The number of nitrogens with zero attached hydrogens (tertiary/aromatic N) is 2. The van der Waals surface area contributed by atoms with Crippen LogP contribution in [0.1, 0.15) is 5.56 Å². The average molecular weight is 331 g/mol. The number of H-pyrrole nitrogens is 1. The van der Waals surface area contributed by atoms with Crippen LogP contribution in [-0.4, -0.2) is 16.7 Å². The SMILES string of the molecule is COc1ccc2c(c1)[nH]c(=S)n2-c1ccc(C#N)c2ccccc12. The maximum atomic E-state index is 9.34. The molecule has 1 heterocycles. The average Bonchev–Trinajstić information content (AvgIpc) is 2.95. The largest absolute Gasteiger partial charge is 0.497 e. The van der Waals surface area contributed by atoms with Gasteiger partial charge in [0, 0.05) is 16.8 Å². The van der Waals surface area contributed by atoms with Crippen molar-refractivity contribution < 1.29 is 4.74 Å². The van der Waals surface area contributed by atoms with E-state index in [1.54, 1.807) is 7.11 Å². The van der Waals surface area contributed by atoms with E-state index in [1.807, 2.05) is 59.2 Å². The number of imidazole rings is 1. The molecule has 1 aromatic heterocycles. The van der Waals surface area contributed by atoms with Crippen molar-refractivity contribution in [1.29, 1.82) is 5.26 Å². The van der Waals surface area contributed by atoms with Gasteiger partial charge in [-0.25, -0.2) is 0 Å². The van der Waals surface area contributed by atoms with Crippen LogP contribution >= 0.6 is 12.2 Å². The zero-order valence-electron chi connectivity index (χ0n) is 12.9. The molecule has 0 aliphatic rings. The van der Waals surface area contributed by atoms with Crippen LogP contribution in [0, 0.1) is 16.1 Å². The van der Waals surface area contributed by atoms with Gasteiger partial charge in [0.2, 0.25) is 0 Å². The summed E-state index contributed by atoms with van der Waals surface area (Å²) < 4.78 is 7.88. The van der Waals surface area contributed by atoms with E-state index in [1.165, 1.54) is 0 Å². The topological polar surface area (TPSA) is 53.7 Å². The molecule has 116 valence electrons. The predicted octanol–water partition coefficient (Wildman–Crippen LogP) is 4.72. The fourth-order valence-corrected chi connectivity index (χ4v) is 3.34. The Morgan fingerprint density at radius 3 is 2.62 bits per heavy atom. The number of methoxy groups -OCH3 is 1. The lowest BCUT2D eigenvalue weighted by molar-refractivity contribution is 0.415. The number of nitrogens with one attached hydrogen (secondary N) is 1. The Bertz CT molecular complexity index is 1180. The molecule has 0 aliphatic carbocycles. The van der Waals surface area contributed by atoms with Gasteiger partial charge in [0.25, 0.3) is 0 Å². The molecule has 0 unspecified atom stereocenters. The van der Waals surface area contributed by atoms with Gasteiger partial charge in [0.1, 0.15) is 5.75 Å². The highest BCUT2D eigenvalue weighted by Gasteiger charge is 2.12. The van der Waals surface area contributed by atoms with Crippen molar-refractivity contribution in [3.8, 4) is 17.5 Å². The van der Waals surface area contributed by atoms with E-state index in [4.69, 9.17) is 17.0 Å². The number of ether oxygens (including phenoxy) is 1. The first-order valence-electron chi connectivity index (χ1n) is 7.44. The maximum Gasteiger partial charge on any atom is 0.182 e. The molecule has 3 aromatic carbocycles. The lowest BCUT2D eigenvalue weighted by atomic mass is 10.0. The van der Waals surface area contributed by atoms with E-state index in [2.05, 4.69) is 11.1 Å². The van der Waals surface area contributed by atoms with Crippen LogP contribution in [0.15, 0.2) is 54.6 Å². The first-order valence-corrected chi connectivity index (χ1v) is 7.85. The van der Waals surface area contributed by atoms with Crippen LogP contribution in [-0.2, 0) is 0 Å². The summed E-state index contributed by atoms with van der Waals surface area (Å²) in [5, 5.41) is 11.3. The van der Waals surface area contributed by atoms with Gasteiger partial charge in [-0.15, -0.1) is 0 Å². The molecule has 4 aromatic rings. The standard InChI is InChI=1S/C19H13N3OS/c1-23-13-7-9-18-16(10-13)21-19(24)22(18)17-8-6-12(11-20)14-4-2-3-5-15(14)17/h2-10H,1H3,(H,21,24). The molecule has 24 heavy (non-hydrogen) atoms. The van der Waals surface area contributed by atoms with Gasteiger partial charge in [-0.1, -0.05) is 24.3 Å². The van der Waals surface area contributed by atoms with Gasteiger partial charge in [-0.2, -0.15) is 5.26 Å². The molecule has 0 saturated carbocycles. The fourth-order valence-electron chi connectivity index (χ4n) is 3.03. The molecule has 1 N–H and O–H groups in total. The third kappa shape index (κ3) is 2.08. The third-order valence-electron chi connectivity index (χ3n) is 4.15. The third-order valence-corrected chi connectivity index (χ3v) is 4.44. The van der Waals surface area contributed by atoms with Crippen LogP contribution in [0.4, 0.5) is 0 Å². The van der Waals surface area contributed by atoms with Gasteiger partial charge >= 0.3 is 0 Å². The Morgan fingerprint density at radius 1 is 1.08 bits per heavy atom. The summed E-state index contributed by atoms with van der Waals surface area (Å²) in [7, 11) is 1.64. The highest BCUT2D eigenvalue weighted by molar-refractivity contribution is 7.71. The lowest BCUT2D eigenvalue weighted by Gasteiger charge is -2.10. The van der Waals surface area contributed by atoms with Crippen LogP contribution in [0.3, 0.4) is 0 Å². The number of hydrogen-bond donors (Lipinski definition) is 1. The molecule has 4 rings (SSSR count). The molecule has 0 spiro atoms. The summed E-state index contributed by atoms with van der Waals surface area (Å²) in [4.78, 5) is 3.23. The van der Waals surface area contributed by atoms with Crippen molar-refractivity contribution in [2.45, 2.75) is 0 Å². The summed E-state index contributed by atoms with van der Waals surface area (Å²) >= 11 is 5.54. The van der Waals surface area contributed by atoms with Gasteiger partial charge < -0.3 is 9.72 Å². The van der Waals surface area contributed by atoms with E-state index >= 15 is 0 Å². The lowest BCUT2D eigenvalue weighted by Crippen LogP contribution is -1.96. The number of benzene rings is 3. The molecule has 0 atom stereocenters. The number of rotatable bonds is 2. The highest BCUT2D eigenvalue weighted by Crippen LogP contribution is 2.29. The minimum Gasteiger partial charge on any atom is -0.497 e. The van der Waals surface area contributed by atoms with Crippen molar-refractivity contribution in [1.82, 2.24) is 9.55 Å². The zero-order valence-corrected chi connectivity index (χ0v) is 13.7. The Morgan fingerprint density at radius 2 is 1.88 bits per heavy atom. The second-order valence-corrected chi connectivity index (χ2v) is 5.82. The monoisotopic (exact) mass is 331 g/mol. The Hall–Kier alpha value is -3.10. The summed E-state index contributed by atoms with van der Waals surface area (Å²) in [6, 6.07) is 19.7. The molecule has 0 aliphatic heterocycles. The Kier molecular flexibility index (Phi) is 3.33. The minimum absolute atomic E-state index is 0.605. The first-order chi connectivity index (χ1) is 11.7. The normalized spacial score (nSPS) is 10.8. The molecular weight excluding hydrogens is 318 g/mol. The second-order valence-electron chi connectivity index (χ2n) is 5.44. The number of aromatic amines is 1. The van der Waals surface area contributed by atoms with Crippen molar-refractivity contribution in [3.05, 3.63) is 64.9 Å². The molecule has 0 saturated heterocycles. The van der Waals surface area contributed by atoms with Crippen molar-refractivity contribution in [3.63, 3.8) is 0 Å². The fraction of sp³-hybridized carbons (Fsp3) is 0.0526. The smallest absolute Gasteiger partial charge is 0.182 e. The van der Waals surface area contributed by atoms with Crippen LogP contribution in [0.5, 0.6) is 5.75 Å². The number of fused-ring (bicyclic) bond motifs is 2. The zero-order chi connectivity index (χ0) is 16.7. The number of hydrogen-bond acceptors (Lipinski definition) is 3. The van der Waals surface area contributed by atoms with Crippen LogP contribution in [0.2, 0.25) is 0 Å². The first kappa shape index (κ1) is 14.5. The predicted molar refractivity (Wildman–Crippen MR) is 97.2 cm³/mol. The van der Waals surface area contributed by atoms with Gasteiger partial charge in [-0.05, 0) is 36.5 Å². The van der Waals surface area contributed by atoms with Crippen molar-refractivity contribution in [2.24, 2.45) is 0 Å². The van der Waals surface area contributed by atoms with E-state index in [0.29, 0.717) is 10.3 Å². The second kappa shape index (κ2) is 5.52. The molecule has 5 heteroatoms. The highest BCUT2D eigenvalue weighted by atomic mass is 32.1. The van der Waals surface area contributed by atoms with Crippen molar-refractivity contribution in [2.75, 3.05) is 7.11 Å². The van der Waals surface area contributed by atoms with Gasteiger partial charge in [0.05, 0.1) is 35.5 Å². The molecular formula is C19H13N3OS. The molecule has 0 bridgehead atoms. The van der Waals surface area contributed by atoms with Crippen LogP contribution in [0.25, 0.3) is 27.5 Å². The molecule has 0 radical (unpaired) electrons. The van der Waals surface area contributed by atoms with Crippen molar-refractivity contribution >= 4 is 34.0 Å². The van der Waals surface area contributed by atoms with E-state index in [-0.39, 0.29) is 0 Å². The maximum absolute atomic E-state index is 9.34. The molecule has 4 nitrogen and oxygen atoms in total. The van der Waals surface area contributed by atoms with E-state index in [9.17, 15) is 5.26 Å². The quantitative estimate of drug-likeness (QED) is 0.541. The molecule has 0 fully saturated rings. The molecule has 0 amide bonds. The van der Waals surface area contributed by atoms with Crippen LogP contribution < -0.4 is 4.74 Å². The van der Waals surface area contributed by atoms with E-state index < -0.39 is 0 Å². The summed E-state index contributed by atoms with van der Waals surface area (Å²) in [6.45, 7) is 0. The number of nitriles is 1. The minimum atomic E-state index is 0.605. The summed E-state index contributed by atoms with van der Waals surface area (Å²) in [6.07, 6.45) is 0.